The van der Waals surface area contributed by atoms with Crippen molar-refractivity contribution in [1.29, 1.82) is 0 Å². The number of methoxy groups -OCH3 is 1. The van der Waals surface area contributed by atoms with Crippen molar-refractivity contribution in [2.45, 2.75) is 23.7 Å². The molecule has 180 valence electrons. The summed E-state index contributed by atoms with van der Waals surface area (Å²) in [6, 6.07) is 4.20. The number of benzene rings is 2. The van der Waals surface area contributed by atoms with Crippen LogP contribution in [0.1, 0.15) is 22.3 Å². The molecule has 2 aromatic rings. The molecule has 0 fully saturated rings. The summed E-state index contributed by atoms with van der Waals surface area (Å²) in [4.78, 5) is 17.7. The molecular formula is C21H16F5N3O4S. The van der Waals surface area contributed by atoms with Gasteiger partial charge < -0.3 is 9.64 Å². The predicted molar refractivity (Wildman–Crippen MR) is 111 cm³/mol. The Kier molecular flexibility index (Phi) is 5.72. The molecule has 1 atom stereocenters. The Hall–Kier alpha value is -3.32. The Morgan fingerprint density at radius 1 is 1.21 bits per heavy atom. The van der Waals surface area contributed by atoms with Crippen LogP contribution in [0.4, 0.5) is 27.6 Å². The number of ketones is 1. The van der Waals surface area contributed by atoms with E-state index in [-0.39, 0.29) is 12.1 Å². The third kappa shape index (κ3) is 3.94. The summed E-state index contributed by atoms with van der Waals surface area (Å²) in [6.45, 7) is 0. The number of hydrogen-bond donors (Lipinski definition) is 1. The molecule has 4 rings (SSSR count). The van der Waals surface area contributed by atoms with E-state index in [0.29, 0.717) is 29.6 Å². The van der Waals surface area contributed by atoms with Crippen molar-refractivity contribution in [2.24, 2.45) is 4.99 Å². The number of hydrogen-bond acceptors (Lipinski definition) is 6. The maximum atomic E-state index is 15.1. The molecule has 1 N–H and O–H groups in total. The van der Waals surface area contributed by atoms with Crippen molar-refractivity contribution < 1.29 is 39.9 Å². The lowest BCUT2D eigenvalue weighted by molar-refractivity contribution is -0.137. The average Bonchev–Trinajstić information content (AvgIpc) is 2.99. The van der Waals surface area contributed by atoms with E-state index in [1.807, 2.05) is 0 Å². The van der Waals surface area contributed by atoms with E-state index in [1.165, 1.54) is 7.11 Å². The fourth-order valence-electron chi connectivity index (χ4n) is 3.65. The molecule has 0 aromatic heterocycles. The molecule has 0 bridgehead atoms. The number of ether oxygens (including phenoxy) is 1. The van der Waals surface area contributed by atoms with Crippen molar-refractivity contribution in [2.75, 3.05) is 18.9 Å². The largest absolute Gasteiger partial charge is 0.416 e. The number of nitrogens with one attached hydrogen (secondary N) is 1. The first kappa shape index (κ1) is 23.8. The number of halogens is 5. The molecule has 2 aliphatic heterocycles. The van der Waals surface area contributed by atoms with Crippen molar-refractivity contribution in [1.82, 2.24) is 4.90 Å². The molecule has 0 saturated carbocycles. The minimum absolute atomic E-state index is 0.183. The third-order valence-corrected chi connectivity index (χ3v) is 6.80. The predicted octanol–water partition coefficient (Wildman–Crippen LogP) is 3.94. The van der Waals surface area contributed by atoms with Gasteiger partial charge in [0, 0.05) is 26.2 Å². The van der Waals surface area contributed by atoms with Crippen LogP contribution in [0.25, 0.3) is 0 Å². The zero-order chi connectivity index (χ0) is 25.0. The van der Waals surface area contributed by atoms with Crippen LogP contribution in [-0.4, -0.2) is 45.2 Å². The molecule has 2 aliphatic rings. The molecule has 2 aromatic carbocycles. The monoisotopic (exact) mass is 501 g/mol. The Morgan fingerprint density at radius 3 is 2.56 bits per heavy atom. The van der Waals surface area contributed by atoms with Crippen molar-refractivity contribution in [3.05, 3.63) is 70.6 Å². The van der Waals surface area contributed by atoms with Crippen LogP contribution < -0.4 is 4.72 Å². The summed E-state index contributed by atoms with van der Waals surface area (Å²) in [5, 5.41) is 0. The number of rotatable bonds is 6. The maximum absolute atomic E-state index is 15.1. The van der Waals surface area contributed by atoms with Gasteiger partial charge in [-0.25, -0.2) is 22.2 Å². The molecule has 34 heavy (non-hydrogen) atoms. The normalized spacial score (nSPS) is 17.9. The molecule has 0 spiro atoms. The van der Waals surface area contributed by atoms with Gasteiger partial charge in [0.25, 0.3) is 10.0 Å². The van der Waals surface area contributed by atoms with Gasteiger partial charge in [-0.2, -0.15) is 13.2 Å². The lowest BCUT2D eigenvalue weighted by Gasteiger charge is -2.23. The van der Waals surface area contributed by atoms with Crippen LogP contribution in [0.2, 0.25) is 0 Å². The number of Topliss-reactive ketones (excluding diaryl/α,β-unsaturated/α-hetero) is 1. The minimum Gasteiger partial charge on any atom is -0.361 e. The quantitative estimate of drug-likeness (QED) is 0.479. The van der Waals surface area contributed by atoms with Crippen LogP contribution in [0, 0.1) is 11.6 Å². The molecule has 0 amide bonds. The number of anilines is 1. The number of sulfonamides is 1. The van der Waals surface area contributed by atoms with Crippen molar-refractivity contribution >= 4 is 27.2 Å². The fraction of sp³-hybridized carbons (Fsp3) is 0.238. The molecule has 7 nitrogen and oxygen atoms in total. The van der Waals surface area contributed by atoms with Gasteiger partial charge >= 0.3 is 6.18 Å². The highest BCUT2D eigenvalue weighted by atomic mass is 32.2. The van der Waals surface area contributed by atoms with E-state index in [4.69, 9.17) is 4.74 Å². The molecule has 0 radical (unpaired) electrons. The highest BCUT2D eigenvalue weighted by Gasteiger charge is 2.41. The van der Waals surface area contributed by atoms with E-state index in [2.05, 4.69) is 4.99 Å². The van der Waals surface area contributed by atoms with Gasteiger partial charge in [0.15, 0.2) is 5.82 Å². The smallest absolute Gasteiger partial charge is 0.361 e. The SMILES string of the molecule is COC1CC2=C(N=C2C(=O)c2c(F)ccc(NS(=O)(=O)c3cccc(C(F)(F)F)c3)c2F)N1C. The number of carbonyl (C=O) groups is 1. The number of nitrogens with zero attached hydrogens (tertiary/aromatic N) is 2. The van der Waals surface area contributed by atoms with E-state index < -0.39 is 61.6 Å². The van der Waals surface area contributed by atoms with Gasteiger partial charge in [0.2, 0.25) is 5.78 Å². The highest BCUT2D eigenvalue weighted by molar-refractivity contribution is 7.92. The van der Waals surface area contributed by atoms with E-state index >= 15 is 4.39 Å². The van der Waals surface area contributed by atoms with Crippen LogP contribution in [-0.2, 0) is 20.9 Å². The minimum atomic E-state index is -4.81. The lowest BCUT2D eigenvalue weighted by Crippen LogP contribution is -2.29. The van der Waals surface area contributed by atoms with Gasteiger partial charge in [0.05, 0.1) is 21.7 Å². The van der Waals surface area contributed by atoms with Crippen LogP contribution in [0.5, 0.6) is 0 Å². The number of aliphatic imine (C=N–C) groups is 1. The fourth-order valence-corrected chi connectivity index (χ4v) is 4.76. The maximum Gasteiger partial charge on any atom is 0.416 e. The van der Waals surface area contributed by atoms with E-state index in [9.17, 15) is 30.8 Å². The zero-order valence-electron chi connectivity index (χ0n) is 17.6. The summed E-state index contributed by atoms with van der Waals surface area (Å²) in [5.41, 5.74) is -2.81. The summed E-state index contributed by atoms with van der Waals surface area (Å²) in [5.74, 6) is -3.43. The van der Waals surface area contributed by atoms with Gasteiger partial charge in [-0.05, 0) is 30.3 Å². The van der Waals surface area contributed by atoms with Gasteiger partial charge in [0.1, 0.15) is 23.6 Å². The highest BCUT2D eigenvalue weighted by Crippen LogP contribution is 2.38. The second-order valence-electron chi connectivity index (χ2n) is 7.51. The topological polar surface area (TPSA) is 88.1 Å². The standard InChI is InChI=1S/C21H16F5N3O4S/c1-29-15(33-2)9-12-18(27-20(12)29)19(30)16-13(22)6-7-14(17(16)23)28-34(31,32)11-5-3-4-10(8-11)21(24,25)26/h3-8,15,28H,9H2,1-2H3. The summed E-state index contributed by atoms with van der Waals surface area (Å²) in [6.07, 6.45) is -4.95. The summed E-state index contributed by atoms with van der Waals surface area (Å²) in [7, 11) is -1.58. The van der Waals surface area contributed by atoms with Gasteiger partial charge in [-0.1, -0.05) is 6.07 Å². The Labute approximate surface area is 190 Å². The average molecular weight is 501 g/mol. The second-order valence-corrected chi connectivity index (χ2v) is 9.19. The summed E-state index contributed by atoms with van der Waals surface area (Å²) < 4.78 is 101. The summed E-state index contributed by atoms with van der Waals surface area (Å²) >= 11 is 0. The molecule has 1 unspecified atom stereocenters. The molecular weight excluding hydrogens is 485 g/mol. The van der Waals surface area contributed by atoms with Gasteiger partial charge in [-0.3, -0.25) is 9.52 Å². The van der Waals surface area contributed by atoms with E-state index in [1.54, 1.807) is 16.7 Å². The molecule has 0 aliphatic carbocycles. The Morgan fingerprint density at radius 2 is 1.91 bits per heavy atom. The Balaban J connectivity index is 1.64. The van der Waals surface area contributed by atoms with Crippen LogP contribution in [0.15, 0.2) is 57.7 Å². The van der Waals surface area contributed by atoms with Crippen molar-refractivity contribution in [3.8, 4) is 0 Å². The van der Waals surface area contributed by atoms with Gasteiger partial charge in [-0.15, -0.1) is 0 Å². The number of alkyl halides is 3. The zero-order valence-corrected chi connectivity index (χ0v) is 18.4. The Bertz CT molecular complexity index is 1370. The van der Waals surface area contributed by atoms with Crippen molar-refractivity contribution in [3.63, 3.8) is 0 Å². The third-order valence-electron chi connectivity index (χ3n) is 5.44. The first-order valence-electron chi connectivity index (χ1n) is 9.65. The first-order valence-corrected chi connectivity index (χ1v) is 11.1. The van der Waals surface area contributed by atoms with Crippen LogP contribution in [0.3, 0.4) is 0 Å². The molecule has 13 heteroatoms. The molecule has 0 saturated heterocycles. The van der Waals surface area contributed by atoms with Crippen LogP contribution >= 0.6 is 0 Å². The van der Waals surface area contributed by atoms with E-state index in [0.717, 1.165) is 18.2 Å². The first-order chi connectivity index (χ1) is 15.8. The second kappa shape index (κ2) is 8.17. The lowest BCUT2D eigenvalue weighted by atomic mass is 9.95. The number of carbonyl (C=O) groups excluding carboxylic acids is 1. The molecule has 2 heterocycles.